The van der Waals surface area contributed by atoms with E-state index in [-0.39, 0.29) is 11.8 Å². The van der Waals surface area contributed by atoms with Crippen molar-refractivity contribution < 1.29 is 4.79 Å². The van der Waals surface area contributed by atoms with Crippen molar-refractivity contribution in [1.29, 1.82) is 0 Å². The molecule has 164 valence electrons. The number of hydrogen-bond donors (Lipinski definition) is 1. The van der Waals surface area contributed by atoms with E-state index in [1.54, 1.807) is 0 Å². The van der Waals surface area contributed by atoms with Gasteiger partial charge in [-0.1, -0.05) is 59.1 Å². The minimum Gasteiger partial charge on any atom is -0.374 e. The Bertz CT molecular complexity index is 687. The first-order valence-corrected chi connectivity index (χ1v) is 11.7. The summed E-state index contributed by atoms with van der Waals surface area (Å²) in [6.07, 6.45) is 5.60. The molecule has 1 saturated carbocycles. The molecule has 2 unspecified atom stereocenters. The van der Waals surface area contributed by atoms with Crippen LogP contribution in [0.3, 0.4) is 0 Å². The average molecular weight is 421 g/mol. The minimum atomic E-state index is -0.0122. The zero-order chi connectivity index (χ0) is 21.8. The summed E-state index contributed by atoms with van der Waals surface area (Å²) in [6, 6.07) is 6.24. The molecule has 1 aromatic rings. The van der Waals surface area contributed by atoms with Crippen LogP contribution in [0.4, 0.5) is 5.69 Å². The third-order valence-corrected chi connectivity index (χ3v) is 7.31. The fourth-order valence-electron chi connectivity index (χ4n) is 5.23. The molecule has 2 rings (SSSR count). The van der Waals surface area contributed by atoms with Gasteiger partial charge in [0.25, 0.3) is 0 Å². The van der Waals surface area contributed by atoms with Gasteiger partial charge < -0.3 is 10.2 Å². The molecule has 0 radical (unpaired) electrons. The number of nitrogens with zero attached hydrogens (tertiary/aromatic N) is 1. The van der Waals surface area contributed by atoms with Gasteiger partial charge in [0, 0.05) is 30.3 Å². The van der Waals surface area contributed by atoms with Gasteiger partial charge in [-0.3, -0.25) is 4.79 Å². The predicted octanol–water partition coefficient (Wildman–Crippen LogP) is 6.47. The Morgan fingerprint density at radius 3 is 2.62 bits per heavy atom. The lowest BCUT2D eigenvalue weighted by atomic mass is 9.62. The van der Waals surface area contributed by atoms with E-state index in [4.69, 9.17) is 11.6 Å². The Labute approximate surface area is 183 Å². The van der Waals surface area contributed by atoms with Gasteiger partial charge in [0.15, 0.2) is 0 Å². The van der Waals surface area contributed by atoms with Crippen LogP contribution in [0.2, 0.25) is 5.02 Å². The van der Waals surface area contributed by atoms with Crippen LogP contribution in [-0.4, -0.2) is 25.5 Å². The van der Waals surface area contributed by atoms with Gasteiger partial charge in [-0.05, 0) is 67.2 Å². The summed E-state index contributed by atoms with van der Waals surface area (Å²) in [5.41, 5.74) is 2.64. The maximum atomic E-state index is 13.2. The quantitative estimate of drug-likeness (QED) is 0.522. The molecular formula is C25H41ClN2O. The Morgan fingerprint density at radius 2 is 2.03 bits per heavy atom. The van der Waals surface area contributed by atoms with Crippen LogP contribution in [0.25, 0.3) is 0 Å². The summed E-state index contributed by atoms with van der Waals surface area (Å²) in [7, 11) is 2.06. The van der Waals surface area contributed by atoms with Crippen LogP contribution in [0.1, 0.15) is 72.3 Å². The van der Waals surface area contributed by atoms with Crippen molar-refractivity contribution in [2.45, 2.75) is 79.7 Å². The van der Waals surface area contributed by atoms with Gasteiger partial charge in [-0.15, -0.1) is 0 Å². The smallest absolute Gasteiger partial charge is 0.225 e. The van der Waals surface area contributed by atoms with E-state index in [0.717, 1.165) is 35.7 Å². The first-order valence-electron chi connectivity index (χ1n) is 11.4. The van der Waals surface area contributed by atoms with Crippen LogP contribution in [0.5, 0.6) is 0 Å². The number of hydrogen-bond acceptors (Lipinski definition) is 2. The molecule has 0 saturated heterocycles. The molecule has 0 bridgehead atoms. The van der Waals surface area contributed by atoms with E-state index < -0.39 is 0 Å². The van der Waals surface area contributed by atoms with Crippen LogP contribution in [0.15, 0.2) is 18.2 Å². The minimum absolute atomic E-state index is 0.0122. The van der Waals surface area contributed by atoms with Crippen molar-refractivity contribution in [1.82, 2.24) is 5.32 Å². The Morgan fingerprint density at radius 1 is 1.34 bits per heavy atom. The molecule has 1 N–H and O–H groups in total. The zero-order valence-corrected chi connectivity index (χ0v) is 20.3. The number of benzene rings is 1. The van der Waals surface area contributed by atoms with Crippen molar-refractivity contribution in [2.75, 3.05) is 18.5 Å². The molecular weight excluding hydrogens is 380 g/mol. The van der Waals surface area contributed by atoms with Gasteiger partial charge in [0.2, 0.25) is 5.91 Å². The molecule has 3 nitrogen and oxygen atoms in total. The summed E-state index contributed by atoms with van der Waals surface area (Å²) in [4.78, 5) is 15.3. The number of aryl methyl sites for hydroxylation is 1. The summed E-state index contributed by atoms with van der Waals surface area (Å²) < 4.78 is 0. The molecule has 4 heteroatoms. The van der Waals surface area contributed by atoms with E-state index in [0.29, 0.717) is 23.3 Å². The standard InChI is InChI=1S/C25H41ClN2O/c1-8-10-20-14-22(18(4)15-25(20,5)6)27-24(29)19(9-2)16-28(7)23-12-11-21(26)13-17(23)3/h11-13,18-20,22H,8-10,14-16H2,1-7H3,(H,27,29)/t18?,19?,20-,22+/m0/s1. The molecule has 1 aromatic carbocycles. The fourth-order valence-corrected chi connectivity index (χ4v) is 5.46. The lowest BCUT2D eigenvalue weighted by Crippen LogP contribution is -2.50. The van der Waals surface area contributed by atoms with Crippen LogP contribution in [-0.2, 0) is 4.79 Å². The predicted molar refractivity (Wildman–Crippen MR) is 126 cm³/mol. The van der Waals surface area contributed by atoms with Crippen molar-refractivity contribution in [2.24, 2.45) is 23.2 Å². The van der Waals surface area contributed by atoms with Crippen molar-refractivity contribution in [3.63, 3.8) is 0 Å². The summed E-state index contributed by atoms with van der Waals surface area (Å²) in [5.74, 6) is 1.41. The van der Waals surface area contributed by atoms with E-state index in [2.05, 4.69) is 58.8 Å². The van der Waals surface area contributed by atoms with Crippen molar-refractivity contribution in [3.05, 3.63) is 28.8 Å². The highest BCUT2D eigenvalue weighted by Gasteiger charge is 2.40. The van der Waals surface area contributed by atoms with E-state index >= 15 is 0 Å². The second kappa shape index (κ2) is 10.2. The number of carbonyl (C=O) groups excluding carboxylic acids is 1. The summed E-state index contributed by atoms with van der Waals surface area (Å²) >= 11 is 6.10. The summed E-state index contributed by atoms with van der Waals surface area (Å²) in [5, 5.41) is 4.19. The van der Waals surface area contributed by atoms with Crippen LogP contribution < -0.4 is 10.2 Å². The molecule has 1 aliphatic rings. The Hall–Kier alpha value is -1.22. The lowest BCUT2D eigenvalue weighted by molar-refractivity contribution is -0.126. The van der Waals surface area contributed by atoms with Crippen molar-refractivity contribution in [3.8, 4) is 0 Å². The van der Waals surface area contributed by atoms with Gasteiger partial charge in [0.1, 0.15) is 0 Å². The van der Waals surface area contributed by atoms with Crippen LogP contribution >= 0.6 is 11.6 Å². The number of carbonyl (C=O) groups is 1. The average Bonchev–Trinajstić information content (AvgIpc) is 2.63. The molecule has 4 atom stereocenters. The molecule has 1 amide bonds. The van der Waals surface area contributed by atoms with Gasteiger partial charge in [-0.2, -0.15) is 0 Å². The molecule has 0 spiro atoms. The normalized spacial score (nSPS) is 24.8. The highest BCUT2D eigenvalue weighted by Crippen LogP contribution is 2.45. The first-order chi connectivity index (χ1) is 13.6. The van der Waals surface area contributed by atoms with Gasteiger partial charge in [-0.25, -0.2) is 0 Å². The lowest BCUT2D eigenvalue weighted by Gasteiger charge is -2.46. The van der Waals surface area contributed by atoms with E-state index in [1.807, 2.05) is 18.2 Å². The van der Waals surface area contributed by atoms with E-state index in [9.17, 15) is 4.79 Å². The number of anilines is 1. The topological polar surface area (TPSA) is 32.3 Å². The molecule has 0 heterocycles. The van der Waals surface area contributed by atoms with Crippen LogP contribution in [0, 0.1) is 30.1 Å². The number of rotatable bonds is 8. The highest BCUT2D eigenvalue weighted by atomic mass is 35.5. The number of halogens is 1. The monoisotopic (exact) mass is 420 g/mol. The second-order valence-electron chi connectivity index (χ2n) is 9.92. The van der Waals surface area contributed by atoms with Gasteiger partial charge >= 0.3 is 0 Å². The maximum Gasteiger partial charge on any atom is 0.225 e. The third kappa shape index (κ3) is 6.13. The highest BCUT2D eigenvalue weighted by molar-refractivity contribution is 6.30. The molecule has 1 aliphatic carbocycles. The maximum absolute atomic E-state index is 13.2. The van der Waals surface area contributed by atoms with E-state index in [1.165, 1.54) is 19.3 Å². The molecule has 1 fully saturated rings. The Kier molecular flexibility index (Phi) is 8.46. The molecule has 29 heavy (non-hydrogen) atoms. The molecule has 0 aromatic heterocycles. The Balaban J connectivity index is 2.03. The third-order valence-electron chi connectivity index (χ3n) is 7.07. The second-order valence-corrected chi connectivity index (χ2v) is 10.4. The number of amides is 1. The first kappa shape index (κ1) is 24.1. The van der Waals surface area contributed by atoms with Gasteiger partial charge in [0.05, 0.1) is 5.92 Å². The largest absolute Gasteiger partial charge is 0.374 e. The molecule has 0 aliphatic heterocycles. The SMILES string of the molecule is CCC[C@H]1C[C@@H](NC(=O)C(CC)CN(C)c2ccc(Cl)cc2C)C(C)CC1(C)C. The summed E-state index contributed by atoms with van der Waals surface area (Å²) in [6.45, 7) is 14.3. The van der Waals surface area contributed by atoms with Crippen molar-refractivity contribution >= 4 is 23.2 Å². The fraction of sp³-hybridized carbons (Fsp3) is 0.720. The number of nitrogens with one attached hydrogen (secondary N) is 1. The zero-order valence-electron chi connectivity index (χ0n) is 19.5.